The van der Waals surface area contributed by atoms with E-state index in [9.17, 15) is 30.0 Å². The van der Waals surface area contributed by atoms with Crippen molar-refractivity contribution in [3.8, 4) is 5.75 Å². The van der Waals surface area contributed by atoms with E-state index in [1.54, 1.807) is 0 Å². The molecule has 0 radical (unpaired) electrons. The van der Waals surface area contributed by atoms with Crippen LogP contribution in [0.5, 0.6) is 5.75 Å². The van der Waals surface area contributed by atoms with Gasteiger partial charge < -0.3 is 4.74 Å². The maximum absolute atomic E-state index is 12.3. The maximum Gasteiger partial charge on any atom is 0.308 e. The van der Waals surface area contributed by atoms with Crippen LogP contribution in [0.15, 0.2) is 51.1 Å². The molecular weight excluding hydrogens is 547 g/mol. The molecule has 0 aliphatic carbocycles. The number of hydrogen-bond acceptors (Lipinski definition) is 8. The van der Waals surface area contributed by atoms with Crippen LogP contribution in [0.1, 0.15) is 6.92 Å². The van der Waals surface area contributed by atoms with E-state index in [1.165, 1.54) is 24.3 Å². The standard InChI is InChI=1S/C18H9Cl3O8S3/c1-8(22)29-13-6-14(30(19,23)24)10-4-5-12-16(32(21,27)28)7-15(31(20,25)26)11-3-2-9(13)17(10)18(11)12/h2-7H,1H3. The van der Waals surface area contributed by atoms with Crippen molar-refractivity contribution in [2.45, 2.75) is 21.6 Å². The van der Waals surface area contributed by atoms with E-state index >= 15 is 0 Å². The molecule has 0 bridgehead atoms. The number of hydrogen-bond donors (Lipinski definition) is 0. The normalized spacial score (nSPS) is 13.2. The van der Waals surface area contributed by atoms with Crippen LogP contribution in [0, 0.1) is 0 Å². The molecule has 0 atom stereocenters. The van der Waals surface area contributed by atoms with E-state index in [-0.39, 0.29) is 38.1 Å². The summed E-state index contributed by atoms with van der Waals surface area (Å²) in [6, 6.07) is 7.21. The average molecular weight is 556 g/mol. The summed E-state index contributed by atoms with van der Waals surface area (Å²) < 4.78 is 78.6. The van der Waals surface area contributed by atoms with Crippen LogP contribution in [-0.4, -0.2) is 31.2 Å². The molecule has 0 saturated heterocycles. The van der Waals surface area contributed by atoms with Crippen LogP contribution in [0.4, 0.5) is 0 Å². The fraction of sp³-hybridized carbons (Fsp3) is 0.0556. The van der Waals surface area contributed by atoms with Gasteiger partial charge in [-0.3, -0.25) is 4.79 Å². The Hall–Kier alpha value is -1.89. The summed E-state index contributed by atoms with van der Waals surface area (Å²) >= 11 is 0. The highest BCUT2D eigenvalue weighted by molar-refractivity contribution is 8.14. The van der Waals surface area contributed by atoms with Crippen molar-refractivity contribution in [2.75, 3.05) is 0 Å². The lowest BCUT2D eigenvalue weighted by atomic mass is 9.93. The molecule has 0 heterocycles. The lowest BCUT2D eigenvalue weighted by Gasteiger charge is -2.18. The molecule has 8 nitrogen and oxygen atoms in total. The van der Waals surface area contributed by atoms with Gasteiger partial charge >= 0.3 is 5.97 Å². The molecular formula is C18H9Cl3O8S3. The van der Waals surface area contributed by atoms with Crippen LogP contribution < -0.4 is 4.74 Å². The zero-order chi connectivity index (χ0) is 23.8. The van der Waals surface area contributed by atoms with Crippen molar-refractivity contribution in [1.82, 2.24) is 0 Å². The van der Waals surface area contributed by atoms with Gasteiger partial charge in [0.2, 0.25) is 0 Å². The highest BCUT2D eigenvalue weighted by Gasteiger charge is 2.28. The quantitative estimate of drug-likeness (QED) is 0.158. The van der Waals surface area contributed by atoms with Gasteiger partial charge in [0.05, 0.1) is 14.7 Å². The van der Waals surface area contributed by atoms with Crippen molar-refractivity contribution >= 4 is 97.5 Å². The Kier molecular flexibility index (Phi) is 5.31. The minimum absolute atomic E-state index is 0.00932. The Morgan fingerprint density at radius 2 is 1.00 bits per heavy atom. The van der Waals surface area contributed by atoms with Crippen LogP contribution in [0.2, 0.25) is 0 Å². The van der Waals surface area contributed by atoms with E-state index in [0.29, 0.717) is 0 Å². The van der Waals surface area contributed by atoms with Gasteiger partial charge in [-0.05, 0) is 12.1 Å². The largest absolute Gasteiger partial charge is 0.426 e. The number of carbonyl (C=O) groups excluding carboxylic acids is 1. The SMILES string of the molecule is CC(=O)Oc1cc(S(=O)(=O)Cl)c2ccc3c(S(=O)(=O)Cl)cc(S(=O)(=O)Cl)c4ccc1c2c43. The molecule has 0 N–H and O–H groups in total. The van der Waals surface area contributed by atoms with Crippen LogP contribution in [0.3, 0.4) is 0 Å². The van der Waals surface area contributed by atoms with Crippen LogP contribution >= 0.6 is 32.0 Å². The number of ether oxygens (including phenoxy) is 1. The fourth-order valence-electron chi connectivity index (χ4n) is 3.71. The maximum atomic E-state index is 12.3. The third-order valence-corrected chi connectivity index (χ3v) is 8.87. The van der Waals surface area contributed by atoms with Crippen molar-refractivity contribution in [1.29, 1.82) is 0 Å². The second-order valence-electron chi connectivity index (χ2n) is 6.72. The van der Waals surface area contributed by atoms with Gasteiger partial charge in [-0.1, -0.05) is 18.2 Å². The highest BCUT2D eigenvalue weighted by atomic mass is 35.7. The fourth-order valence-corrected chi connectivity index (χ4v) is 7.00. The third-order valence-electron chi connectivity index (χ3n) is 4.79. The summed E-state index contributed by atoms with van der Waals surface area (Å²) in [5.74, 6) is -0.931. The van der Waals surface area contributed by atoms with E-state index < -0.39 is 47.8 Å². The van der Waals surface area contributed by atoms with Crippen LogP contribution in [-0.2, 0) is 31.9 Å². The van der Waals surface area contributed by atoms with E-state index in [4.69, 9.17) is 36.8 Å². The van der Waals surface area contributed by atoms with Gasteiger partial charge in [0, 0.05) is 77.4 Å². The molecule has 14 heteroatoms. The molecule has 0 aliphatic heterocycles. The van der Waals surface area contributed by atoms with E-state index in [2.05, 4.69) is 0 Å². The Balaban J connectivity index is 2.43. The van der Waals surface area contributed by atoms with E-state index in [1.807, 2.05) is 0 Å². The summed E-state index contributed by atoms with van der Waals surface area (Å²) in [7, 11) is 3.42. The number of halogens is 3. The topological polar surface area (TPSA) is 129 Å². The molecule has 4 aromatic carbocycles. The predicted octanol–water partition coefficient (Wildman–Crippen LogP) is 4.29. The number of carbonyl (C=O) groups is 1. The lowest BCUT2D eigenvalue weighted by molar-refractivity contribution is -0.131. The third kappa shape index (κ3) is 3.76. The molecule has 32 heavy (non-hydrogen) atoms. The van der Waals surface area contributed by atoms with E-state index in [0.717, 1.165) is 19.1 Å². The summed E-state index contributed by atoms with van der Waals surface area (Å²) in [5.41, 5.74) is 0. The highest BCUT2D eigenvalue weighted by Crippen LogP contribution is 2.46. The molecule has 0 aromatic heterocycles. The van der Waals surface area contributed by atoms with Crippen molar-refractivity contribution in [3.05, 3.63) is 36.4 Å². The molecule has 168 valence electrons. The molecule has 0 aliphatic rings. The Morgan fingerprint density at radius 3 is 1.38 bits per heavy atom. The molecule has 4 aromatic rings. The zero-order valence-electron chi connectivity index (χ0n) is 15.6. The summed E-state index contributed by atoms with van der Waals surface area (Å²) in [6.07, 6.45) is 0. The van der Waals surface area contributed by atoms with Crippen molar-refractivity contribution < 1.29 is 34.8 Å². The Bertz CT molecular complexity index is 1740. The Morgan fingerprint density at radius 1 is 0.656 bits per heavy atom. The molecule has 0 fully saturated rings. The number of esters is 1. The second kappa shape index (κ2) is 7.31. The van der Waals surface area contributed by atoms with Gasteiger partial charge in [-0.2, -0.15) is 0 Å². The first-order valence-corrected chi connectivity index (χ1v) is 15.3. The van der Waals surface area contributed by atoms with Crippen LogP contribution in [0.25, 0.3) is 32.3 Å². The molecule has 0 unspecified atom stereocenters. The zero-order valence-corrected chi connectivity index (χ0v) is 20.3. The molecule has 0 saturated carbocycles. The first-order valence-electron chi connectivity index (χ1n) is 8.41. The molecule has 4 rings (SSSR count). The number of rotatable bonds is 4. The summed E-state index contributed by atoms with van der Waals surface area (Å²) in [6.45, 7) is 1.10. The lowest BCUT2D eigenvalue weighted by Crippen LogP contribution is -2.05. The van der Waals surface area contributed by atoms with Gasteiger partial charge in [-0.15, -0.1) is 0 Å². The van der Waals surface area contributed by atoms with Crippen molar-refractivity contribution in [3.63, 3.8) is 0 Å². The minimum atomic E-state index is -4.46. The second-order valence-corrected chi connectivity index (χ2v) is 14.3. The van der Waals surface area contributed by atoms with Gasteiger partial charge in [0.1, 0.15) is 5.75 Å². The van der Waals surface area contributed by atoms with Gasteiger partial charge in [0.15, 0.2) is 0 Å². The summed E-state index contributed by atoms with van der Waals surface area (Å²) in [4.78, 5) is 10.1. The smallest absolute Gasteiger partial charge is 0.308 e. The average Bonchev–Trinajstić information content (AvgIpc) is 2.63. The Labute approximate surface area is 195 Å². The summed E-state index contributed by atoms with van der Waals surface area (Å²) in [5, 5.41) is 0.411. The minimum Gasteiger partial charge on any atom is -0.426 e. The molecule has 0 spiro atoms. The monoisotopic (exact) mass is 554 g/mol. The first-order chi connectivity index (χ1) is 14.6. The predicted molar refractivity (Wildman–Crippen MR) is 121 cm³/mol. The van der Waals surface area contributed by atoms with Gasteiger partial charge in [0.25, 0.3) is 27.2 Å². The number of benzene rings is 4. The first kappa shape index (κ1) is 23.3. The van der Waals surface area contributed by atoms with Crippen molar-refractivity contribution in [2.24, 2.45) is 0 Å². The molecule has 0 amide bonds. The van der Waals surface area contributed by atoms with Gasteiger partial charge in [-0.25, -0.2) is 25.3 Å².